The summed E-state index contributed by atoms with van der Waals surface area (Å²) >= 11 is 0. The van der Waals surface area contributed by atoms with Gasteiger partial charge in [-0.2, -0.15) is 0 Å². The van der Waals surface area contributed by atoms with Crippen molar-refractivity contribution in [3.05, 3.63) is 35.9 Å². The molecule has 1 atom stereocenters. The van der Waals surface area contributed by atoms with Gasteiger partial charge in [0.15, 0.2) is 5.84 Å². The second-order valence-corrected chi connectivity index (χ2v) is 4.45. The zero-order chi connectivity index (χ0) is 12.1. The Hall–Kier alpha value is -1.55. The molecule has 1 aromatic carbocycles. The van der Waals surface area contributed by atoms with Gasteiger partial charge < -0.3 is 10.9 Å². The smallest absolute Gasteiger partial charge is 0.156 e. The van der Waals surface area contributed by atoms with Crippen LogP contribution in [0.5, 0.6) is 0 Å². The van der Waals surface area contributed by atoms with E-state index in [9.17, 15) is 0 Å². The first-order valence-corrected chi connectivity index (χ1v) is 6.06. The minimum Gasteiger partial charge on any atom is -0.409 e. The van der Waals surface area contributed by atoms with Crippen molar-refractivity contribution in [2.45, 2.75) is 25.3 Å². The molecule has 1 saturated heterocycles. The molecule has 1 unspecified atom stereocenters. The Morgan fingerprint density at radius 3 is 2.88 bits per heavy atom. The van der Waals surface area contributed by atoms with Gasteiger partial charge >= 0.3 is 0 Å². The molecular formula is C13H19N3O. The maximum Gasteiger partial charge on any atom is 0.156 e. The third-order valence-electron chi connectivity index (χ3n) is 3.35. The number of hydrogen-bond donors (Lipinski definition) is 2. The standard InChI is InChI=1S/C13H19N3O/c14-13(15-17)12-7-4-9-16(12)10-8-11-5-2-1-3-6-11/h1-3,5-6,12,17H,4,7-10H2,(H2,14,15). The average Bonchev–Trinajstić information content (AvgIpc) is 2.85. The molecule has 0 bridgehead atoms. The molecule has 2 rings (SSSR count). The molecule has 1 aliphatic heterocycles. The van der Waals surface area contributed by atoms with E-state index in [2.05, 4.69) is 34.3 Å². The molecule has 4 nitrogen and oxygen atoms in total. The molecule has 17 heavy (non-hydrogen) atoms. The fourth-order valence-electron chi connectivity index (χ4n) is 2.41. The van der Waals surface area contributed by atoms with E-state index >= 15 is 0 Å². The SMILES string of the molecule is NC(=NO)C1CCCN1CCc1ccccc1. The minimum absolute atomic E-state index is 0.115. The molecule has 0 aromatic heterocycles. The maximum absolute atomic E-state index is 8.73. The number of nitrogens with two attached hydrogens (primary N) is 1. The van der Waals surface area contributed by atoms with Gasteiger partial charge in [0, 0.05) is 6.54 Å². The molecule has 3 N–H and O–H groups in total. The van der Waals surface area contributed by atoms with Crippen LogP contribution in [0.1, 0.15) is 18.4 Å². The van der Waals surface area contributed by atoms with E-state index in [0.29, 0.717) is 5.84 Å². The van der Waals surface area contributed by atoms with Crippen LogP contribution in [-0.2, 0) is 6.42 Å². The summed E-state index contributed by atoms with van der Waals surface area (Å²) in [5.41, 5.74) is 7.03. The highest BCUT2D eigenvalue weighted by Gasteiger charge is 2.27. The summed E-state index contributed by atoms with van der Waals surface area (Å²) in [6.07, 6.45) is 3.12. The number of amidine groups is 1. The summed E-state index contributed by atoms with van der Waals surface area (Å²) < 4.78 is 0. The molecule has 1 aromatic rings. The van der Waals surface area contributed by atoms with Crippen molar-refractivity contribution in [1.29, 1.82) is 0 Å². The van der Waals surface area contributed by atoms with E-state index in [1.165, 1.54) is 5.56 Å². The first kappa shape index (κ1) is 11.9. The molecule has 1 fully saturated rings. The first-order chi connectivity index (χ1) is 8.31. The second kappa shape index (κ2) is 5.68. The predicted molar refractivity (Wildman–Crippen MR) is 68.1 cm³/mol. The Labute approximate surface area is 102 Å². The maximum atomic E-state index is 8.73. The van der Waals surface area contributed by atoms with Crippen molar-refractivity contribution in [3.8, 4) is 0 Å². The van der Waals surface area contributed by atoms with Crippen LogP contribution in [0.2, 0.25) is 0 Å². The number of nitrogens with zero attached hydrogens (tertiary/aromatic N) is 2. The lowest BCUT2D eigenvalue weighted by atomic mass is 10.1. The number of hydrogen-bond acceptors (Lipinski definition) is 3. The van der Waals surface area contributed by atoms with Crippen LogP contribution in [0.15, 0.2) is 35.5 Å². The highest BCUT2D eigenvalue weighted by molar-refractivity contribution is 5.85. The lowest BCUT2D eigenvalue weighted by molar-refractivity contribution is 0.282. The Kier molecular flexibility index (Phi) is 3.98. The van der Waals surface area contributed by atoms with Gasteiger partial charge in [-0.1, -0.05) is 35.5 Å². The molecule has 0 spiro atoms. The van der Waals surface area contributed by atoms with Gasteiger partial charge in [-0.3, -0.25) is 4.90 Å². The van der Waals surface area contributed by atoms with Crippen LogP contribution in [0, 0.1) is 0 Å². The molecule has 1 heterocycles. The molecule has 0 aliphatic carbocycles. The van der Waals surface area contributed by atoms with E-state index in [1.807, 2.05) is 6.07 Å². The van der Waals surface area contributed by atoms with Crippen molar-refractivity contribution in [2.75, 3.05) is 13.1 Å². The Balaban J connectivity index is 1.90. The Morgan fingerprint density at radius 2 is 2.18 bits per heavy atom. The summed E-state index contributed by atoms with van der Waals surface area (Å²) in [4.78, 5) is 2.29. The molecule has 0 amide bonds. The summed E-state index contributed by atoms with van der Waals surface area (Å²) in [5, 5.41) is 11.9. The highest BCUT2D eigenvalue weighted by Crippen LogP contribution is 2.17. The van der Waals surface area contributed by atoms with Crippen molar-refractivity contribution >= 4 is 5.84 Å². The number of rotatable bonds is 4. The van der Waals surface area contributed by atoms with Crippen LogP contribution in [0.25, 0.3) is 0 Å². The van der Waals surface area contributed by atoms with Crippen LogP contribution < -0.4 is 5.73 Å². The van der Waals surface area contributed by atoms with Gasteiger partial charge in [0.05, 0.1) is 6.04 Å². The van der Waals surface area contributed by atoms with Gasteiger partial charge in [0.1, 0.15) is 0 Å². The first-order valence-electron chi connectivity index (χ1n) is 6.06. The van der Waals surface area contributed by atoms with E-state index in [-0.39, 0.29) is 6.04 Å². The van der Waals surface area contributed by atoms with Crippen LogP contribution >= 0.6 is 0 Å². The lowest BCUT2D eigenvalue weighted by Gasteiger charge is -2.23. The topological polar surface area (TPSA) is 61.9 Å². The number of benzene rings is 1. The minimum atomic E-state index is 0.115. The van der Waals surface area contributed by atoms with Crippen LogP contribution in [0.4, 0.5) is 0 Å². The molecule has 0 radical (unpaired) electrons. The summed E-state index contributed by atoms with van der Waals surface area (Å²) in [7, 11) is 0. The van der Waals surface area contributed by atoms with Crippen LogP contribution in [-0.4, -0.2) is 35.1 Å². The highest BCUT2D eigenvalue weighted by atomic mass is 16.4. The van der Waals surface area contributed by atoms with Gasteiger partial charge in [0.2, 0.25) is 0 Å². The summed E-state index contributed by atoms with van der Waals surface area (Å²) in [6, 6.07) is 10.5. The molecule has 1 aliphatic rings. The zero-order valence-corrected chi connectivity index (χ0v) is 9.92. The average molecular weight is 233 g/mol. The fraction of sp³-hybridized carbons (Fsp3) is 0.462. The largest absolute Gasteiger partial charge is 0.409 e. The summed E-state index contributed by atoms with van der Waals surface area (Å²) in [6.45, 7) is 2.00. The van der Waals surface area contributed by atoms with E-state index in [0.717, 1.165) is 32.4 Å². The van der Waals surface area contributed by atoms with E-state index < -0.39 is 0 Å². The van der Waals surface area contributed by atoms with E-state index in [1.54, 1.807) is 0 Å². The fourth-order valence-corrected chi connectivity index (χ4v) is 2.41. The predicted octanol–water partition coefficient (Wildman–Crippen LogP) is 1.44. The quantitative estimate of drug-likeness (QED) is 0.358. The van der Waals surface area contributed by atoms with Crippen LogP contribution in [0.3, 0.4) is 0 Å². The van der Waals surface area contributed by atoms with Crippen molar-refractivity contribution in [3.63, 3.8) is 0 Å². The number of likely N-dealkylation sites (tertiary alicyclic amines) is 1. The van der Waals surface area contributed by atoms with Gasteiger partial charge in [-0.15, -0.1) is 0 Å². The molecule has 0 saturated carbocycles. The number of oxime groups is 1. The summed E-state index contributed by atoms with van der Waals surface area (Å²) in [5.74, 6) is 0.343. The van der Waals surface area contributed by atoms with Crippen molar-refractivity contribution < 1.29 is 5.21 Å². The second-order valence-electron chi connectivity index (χ2n) is 4.45. The Morgan fingerprint density at radius 1 is 1.41 bits per heavy atom. The lowest BCUT2D eigenvalue weighted by Crippen LogP contribution is -2.41. The normalized spacial score (nSPS) is 21.9. The van der Waals surface area contributed by atoms with Gasteiger partial charge in [-0.05, 0) is 31.4 Å². The van der Waals surface area contributed by atoms with Crippen molar-refractivity contribution in [1.82, 2.24) is 4.90 Å². The molecular weight excluding hydrogens is 214 g/mol. The molecule has 92 valence electrons. The third-order valence-corrected chi connectivity index (χ3v) is 3.35. The third kappa shape index (κ3) is 2.97. The van der Waals surface area contributed by atoms with Crippen molar-refractivity contribution in [2.24, 2.45) is 10.9 Å². The monoisotopic (exact) mass is 233 g/mol. The molecule has 4 heteroatoms. The van der Waals surface area contributed by atoms with E-state index in [4.69, 9.17) is 10.9 Å². The Bertz CT molecular complexity index is 378. The van der Waals surface area contributed by atoms with Gasteiger partial charge in [-0.25, -0.2) is 0 Å². The zero-order valence-electron chi connectivity index (χ0n) is 9.92. The van der Waals surface area contributed by atoms with Gasteiger partial charge in [0.25, 0.3) is 0 Å².